The van der Waals surface area contributed by atoms with Gasteiger partial charge in [0.2, 0.25) is 11.5 Å². The Kier molecular flexibility index (Phi) is 6.77. The molecular formula is C31H30F5N7O2. The number of pyridine rings is 1. The highest BCUT2D eigenvalue weighted by Gasteiger charge is 2.62. The summed E-state index contributed by atoms with van der Waals surface area (Å²) in [5.41, 5.74) is -4.20. The summed E-state index contributed by atoms with van der Waals surface area (Å²) in [6.45, 7) is 1.47. The van der Waals surface area contributed by atoms with Crippen LogP contribution in [0.4, 0.5) is 39.3 Å². The Morgan fingerprint density at radius 3 is 2.31 bits per heavy atom. The van der Waals surface area contributed by atoms with Gasteiger partial charge in [-0.05, 0) is 50.8 Å². The van der Waals surface area contributed by atoms with Crippen LogP contribution < -0.4 is 20.7 Å². The van der Waals surface area contributed by atoms with Gasteiger partial charge in [0.15, 0.2) is 5.82 Å². The van der Waals surface area contributed by atoms with Crippen molar-refractivity contribution in [3.63, 3.8) is 0 Å². The lowest BCUT2D eigenvalue weighted by Crippen LogP contribution is -2.60. The molecule has 0 atom stereocenters. The first-order valence-corrected chi connectivity index (χ1v) is 14.7. The third-order valence-corrected chi connectivity index (χ3v) is 9.61. The molecule has 4 aliphatic rings. The molecule has 45 heavy (non-hydrogen) atoms. The number of alkyl halides is 3. The van der Waals surface area contributed by atoms with Crippen molar-refractivity contribution in [2.45, 2.75) is 49.4 Å². The minimum absolute atomic E-state index is 0.0605. The van der Waals surface area contributed by atoms with Gasteiger partial charge in [-0.1, -0.05) is 6.08 Å². The first-order valence-electron chi connectivity index (χ1n) is 14.7. The van der Waals surface area contributed by atoms with Crippen molar-refractivity contribution in [2.24, 2.45) is 0 Å². The maximum Gasteiger partial charge on any atom is 0.417 e. The molecule has 2 spiro atoms. The number of amides is 1. The monoisotopic (exact) mass is 627 g/mol. The zero-order chi connectivity index (χ0) is 31.7. The zero-order valence-electron chi connectivity index (χ0n) is 24.3. The highest BCUT2D eigenvalue weighted by molar-refractivity contribution is 6.07. The van der Waals surface area contributed by atoms with Crippen LogP contribution in [0.5, 0.6) is 0 Å². The van der Waals surface area contributed by atoms with E-state index in [0.29, 0.717) is 43.8 Å². The Bertz CT molecular complexity index is 1740. The second-order valence-electron chi connectivity index (χ2n) is 12.4. The predicted molar refractivity (Wildman–Crippen MR) is 157 cm³/mol. The number of aromatic amines is 1. The van der Waals surface area contributed by atoms with Crippen LogP contribution in [-0.4, -0.2) is 70.1 Å². The Labute approximate surface area is 254 Å². The molecule has 0 radical (unpaired) electrons. The number of H-pyrrole nitrogens is 1. The van der Waals surface area contributed by atoms with Crippen molar-refractivity contribution in [1.82, 2.24) is 19.9 Å². The van der Waals surface area contributed by atoms with E-state index in [1.54, 1.807) is 29.4 Å². The number of nitrogens with one attached hydrogen (secondary N) is 2. The fraction of sp³-hybridized carbons (Fsp3) is 0.419. The van der Waals surface area contributed by atoms with Crippen molar-refractivity contribution >= 4 is 28.8 Å². The van der Waals surface area contributed by atoms with E-state index in [9.17, 15) is 22.8 Å². The molecule has 1 amide bonds. The number of hydrogen-bond donors (Lipinski definition) is 2. The van der Waals surface area contributed by atoms with Gasteiger partial charge in [0.05, 0.1) is 22.4 Å². The number of benzene rings is 1. The quantitative estimate of drug-likeness (QED) is 0.392. The first kappa shape index (κ1) is 29.4. The largest absolute Gasteiger partial charge is 0.417 e. The Hall–Kier alpha value is -4.33. The number of carbonyl (C=O) groups is 1. The molecule has 9 nitrogen and oxygen atoms in total. The molecule has 1 aromatic carbocycles. The molecule has 14 heteroatoms. The molecule has 236 valence electrons. The van der Waals surface area contributed by atoms with Gasteiger partial charge in [0.1, 0.15) is 11.5 Å². The summed E-state index contributed by atoms with van der Waals surface area (Å²) in [5.74, 6) is -2.85. The van der Waals surface area contributed by atoms with E-state index in [1.807, 2.05) is 4.90 Å². The molecule has 1 saturated heterocycles. The van der Waals surface area contributed by atoms with Crippen molar-refractivity contribution in [3.05, 3.63) is 81.5 Å². The van der Waals surface area contributed by atoms with E-state index in [2.05, 4.69) is 32.2 Å². The molecule has 2 N–H and O–H groups in total. The molecule has 2 aromatic heterocycles. The number of hydrogen-bond acceptors (Lipinski definition) is 7. The fourth-order valence-corrected chi connectivity index (χ4v) is 6.82. The summed E-state index contributed by atoms with van der Waals surface area (Å²) in [7, 11) is 2.07. The van der Waals surface area contributed by atoms with Gasteiger partial charge in [-0.15, -0.1) is 0 Å². The van der Waals surface area contributed by atoms with Gasteiger partial charge in [-0.2, -0.15) is 13.2 Å². The van der Waals surface area contributed by atoms with Gasteiger partial charge in [-0.3, -0.25) is 14.5 Å². The van der Waals surface area contributed by atoms with Gasteiger partial charge in [0.25, 0.3) is 5.91 Å². The highest BCUT2D eigenvalue weighted by atomic mass is 19.4. The Balaban J connectivity index is 1.32. The van der Waals surface area contributed by atoms with Crippen LogP contribution in [0.2, 0.25) is 0 Å². The third kappa shape index (κ3) is 5.14. The molecule has 2 saturated carbocycles. The van der Waals surface area contributed by atoms with E-state index in [0.717, 1.165) is 25.7 Å². The molecule has 7 rings (SSSR count). The third-order valence-electron chi connectivity index (χ3n) is 9.61. The summed E-state index contributed by atoms with van der Waals surface area (Å²) in [6, 6.07) is 3.10. The van der Waals surface area contributed by atoms with E-state index < -0.39 is 46.1 Å². The normalized spacial score (nSPS) is 20.4. The van der Waals surface area contributed by atoms with Gasteiger partial charge >= 0.3 is 6.18 Å². The van der Waals surface area contributed by atoms with E-state index in [4.69, 9.17) is 0 Å². The highest BCUT2D eigenvalue weighted by Crippen LogP contribution is 2.57. The minimum atomic E-state index is -5.03. The van der Waals surface area contributed by atoms with Crippen LogP contribution >= 0.6 is 0 Å². The van der Waals surface area contributed by atoms with E-state index in [-0.39, 0.29) is 34.9 Å². The number of likely N-dealkylation sites (N-methyl/N-ethyl adjacent to an activating group) is 1. The van der Waals surface area contributed by atoms with Crippen molar-refractivity contribution in [1.29, 1.82) is 0 Å². The molecule has 3 aromatic rings. The number of aromatic nitrogens is 3. The summed E-state index contributed by atoms with van der Waals surface area (Å²) in [5, 5.41) is 2.36. The van der Waals surface area contributed by atoms with Crippen molar-refractivity contribution in [2.75, 3.05) is 48.3 Å². The predicted octanol–water partition coefficient (Wildman–Crippen LogP) is 4.82. The Morgan fingerprint density at radius 2 is 1.69 bits per heavy atom. The molecule has 4 heterocycles. The minimum Gasteiger partial charge on any atom is -0.366 e. The maximum absolute atomic E-state index is 16.8. The molecule has 2 aliphatic heterocycles. The Morgan fingerprint density at radius 1 is 1.02 bits per heavy atom. The number of nitrogens with zero attached hydrogens (tertiary/aromatic N) is 5. The summed E-state index contributed by atoms with van der Waals surface area (Å²) >= 11 is 0. The number of rotatable bonds is 5. The average Bonchev–Trinajstić information content (AvgIpc) is 3.95. The summed E-state index contributed by atoms with van der Waals surface area (Å²) < 4.78 is 74.4. The van der Waals surface area contributed by atoms with Gasteiger partial charge in [0, 0.05) is 68.0 Å². The molecule has 0 bridgehead atoms. The SMILES string of the molecule is CN1C2(CC2)CN(c2cc(F)c(C3=CCCN(c4ncccn4)C3)c(F)c2NC(=O)c2c[nH]c(=O)cc2C(F)(F)F)CC12CC2. The average molecular weight is 628 g/mol. The summed E-state index contributed by atoms with van der Waals surface area (Å²) in [6.07, 6.45) is 4.50. The van der Waals surface area contributed by atoms with Crippen LogP contribution in [0.25, 0.3) is 5.57 Å². The molecular weight excluding hydrogens is 597 g/mol. The van der Waals surface area contributed by atoms with Gasteiger partial charge in [-0.25, -0.2) is 18.7 Å². The first-order chi connectivity index (χ1) is 21.4. The fourth-order valence-electron chi connectivity index (χ4n) is 6.82. The molecule has 0 unspecified atom stereocenters. The van der Waals surface area contributed by atoms with E-state index in [1.165, 1.54) is 6.07 Å². The number of halogens is 5. The lowest BCUT2D eigenvalue weighted by atomic mass is 9.96. The van der Waals surface area contributed by atoms with Crippen LogP contribution in [0, 0.1) is 11.6 Å². The lowest BCUT2D eigenvalue weighted by Gasteiger charge is -2.48. The number of piperazine rings is 1. The number of anilines is 3. The van der Waals surface area contributed by atoms with E-state index >= 15 is 8.78 Å². The van der Waals surface area contributed by atoms with Crippen molar-refractivity contribution in [3.8, 4) is 0 Å². The lowest BCUT2D eigenvalue weighted by molar-refractivity contribution is -0.138. The van der Waals surface area contributed by atoms with Crippen molar-refractivity contribution < 1.29 is 26.7 Å². The van der Waals surface area contributed by atoms with Gasteiger partial charge < -0.3 is 20.1 Å². The zero-order valence-corrected chi connectivity index (χ0v) is 24.3. The number of carbonyl (C=O) groups excluding carboxylic acids is 1. The van der Waals surface area contributed by atoms with Crippen LogP contribution in [0.1, 0.15) is 53.6 Å². The topological polar surface area (TPSA) is 97.5 Å². The van der Waals surface area contributed by atoms with Crippen LogP contribution in [-0.2, 0) is 6.18 Å². The maximum atomic E-state index is 16.8. The molecule has 2 aliphatic carbocycles. The second kappa shape index (κ2) is 10.4. The van der Waals surface area contributed by atoms with Crippen LogP contribution in [0.3, 0.4) is 0 Å². The molecule has 3 fully saturated rings. The standard InChI is InChI=1S/C31H30F5N7O2/c1-41-29(5-6-29)16-43(17-30(41)7-8-30)22-13-21(32)24(18-4-2-11-42(15-18)28-37-9-3-10-38-28)25(33)26(22)40-27(45)19-14-39-23(44)12-20(19)31(34,35)36/h3-4,9-10,12-14H,2,5-8,11,15-17H2,1H3,(H,39,44)(H,40,45). The smallest absolute Gasteiger partial charge is 0.366 e. The van der Waals surface area contributed by atoms with Crippen LogP contribution in [0.15, 0.2) is 47.7 Å². The summed E-state index contributed by atoms with van der Waals surface area (Å²) in [4.78, 5) is 41.7. The second-order valence-corrected chi connectivity index (χ2v) is 12.4.